The van der Waals surface area contributed by atoms with E-state index >= 15 is 0 Å². The van der Waals surface area contributed by atoms with Crippen molar-refractivity contribution in [2.45, 2.75) is 25.7 Å². The van der Waals surface area contributed by atoms with Crippen LogP contribution in [-0.2, 0) is 4.79 Å². The highest BCUT2D eigenvalue weighted by atomic mass is 16.5. The van der Waals surface area contributed by atoms with Crippen LogP contribution < -0.4 is 9.47 Å². The summed E-state index contributed by atoms with van der Waals surface area (Å²) in [7, 11) is 1.66. The summed E-state index contributed by atoms with van der Waals surface area (Å²) >= 11 is 0. The lowest BCUT2D eigenvalue weighted by atomic mass is 9.99. The topological polar surface area (TPSA) is 42.0 Å². The number of likely N-dealkylation sites (tertiary alicyclic amines) is 2. The van der Waals surface area contributed by atoms with E-state index in [0.717, 1.165) is 50.5 Å². The number of amides is 1. The summed E-state index contributed by atoms with van der Waals surface area (Å²) in [6.45, 7) is 5.12. The molecular formula is C19H28N2O3. The molecule has 2 fully saturated rings. The van der Waals surface area contributed by atoms with Crippen LogP contribution in [0.3, 0.4) is 0 Å². The van der Waals surface area contributed by atoms with E-state index in [1.54, 1.807) is 7.11 Å². The van der Waals surface area contributed by atoms with E-state index in [-0.39, 0.29) is 5.91 Å². The van der Waals surface area contributed by atoms with Gasteiger partial charge in [0, 0.05) is 19.0 Å². The van der Waals surface area contributed by atoms with Crippen LogP contribution in [-0.4, -0.2) is 62.1 Å². The van der Waals surface area contributed by atoms with Crippen LogP contribution in [0, 0.1) is 5.92 Å². The molecule has 2 aliphatic rings. The molecule has 1 amide bonds. The normalized spacial score (nSPS) is 21.7. The molecule has 0 unspecified atom stereocenters. The molecule has 1 aromatic carbocycles. The molecule has 1 aromatic rings. The standard InChI is InChI=1S/C19H28N2O3/c1-23-17-6-8-18(9-7-17)24-15-16-5-4-12-21(13-16)19(22)14-20-10-2-3-11-20/h6-9,16H,2-5,10-15H2,1H3/t16-/m1/s1. The first kappa shape index (κ1) is 17.1. The molecule has 3 rings (SSSR count). The summed E-state index contributed by atoms with van der Waals surface area (Å²) in [5.74, 6) is 2.39. The first-order valence-electron chi connectivity index (χ1n) is 9.01. The largest absolute Gasteiger partial charge is 0.497 e. The van der Waals surface area contributed by atoms with Gasteiger partial charge in [-0.25, -0.2) is 0 Å². The van der Waals surface area contributed by atoms with Gasteiger partial charge in [-0.15, -0.1) is 0 Å². The third-order valence-corrected chi connectivity index (χ3v) is 4.97. The van der Waals surface area contributed by atoms with Gasteiger partial charge in [0.1, 0.15) is 11.5 Å². The van der Waals surface area contributed by atoms with Crippen LogP contribution in [0.4, 0.5) is 0 Å². The Kier molecular flexibility index (Phi) is 5.96. The first-order chi connectivity index (χ1) is 11.7. The van der Waals surface area contributed by atoms with E-state index < -0.39 is 0 Å². The predicted molar refractivity (Wildman–Crippen MR) is 93.5 cm³/mol. The summed E-state index contributed by atoms with van der Waals surface area (Å²) in [5, 5.41) is 0. The molecule has 0 aliphatic carbocycles. The van der Waals surface area contributed by atoms with Crippen molar-refractivity contribution in [3.63, 3.8) is 0 Å². The van der Waals surface area contributed by atoms with E-state index in [0.29, 0.717) is 19.1 Å². The number of ether oxygens (including phenoxy) is 2. The molecule has 0 bridgehead atoms. The molecule has 2 aliphatic heterocycles. The molecule has 2 heterocycles. The van der Waals surface area contributed by atoms with Gasteiger partial charge >= 0.3 is 0 Å². The number of hydrogen-bond donors (Lipinski definition) is 0. The fourth-order valence-electron chi connectivity index (χ4n) is 3.55. The van der Waals surface area contributed by atoms with Crippen molar-refractivity contribution in [3.05, 3.63) is 24.3 Å². The quantitative estimate of drug-likeness (QED) is 0.802. The summed E-state index contributed by atoms with van der Waals surface area (Å²) < 4.78 is 11.1. The minimum atomic E-state index is 0.283. The van der Waals surface area contributed by atoms with Crippen molar-refractivity contribution < 1.29 is 14.3 Å². The van der Waals surface area contributed by atoms with Crippen LogP contribution in [0.25, 0.3) is 0 Å². The average Bonchev–Trinajstić information content (AvgIpc) is 3.13. The number of benzene rings is 1. The SMILES string of the molecule is COc1ccc(OC[C@@H]2CCCN(C(=O)CN3CCCC3)C2)cc1. The molecule has 0 saturated carbocycles. The Bertz CT molecular complexity index is 526. The maximum absolute atomic E-state index is 12.5. The van der Waals surface area contributed by atoms with Crippen LogP contribution in [0.5, 0.6) is 11.5 Å². The monoisotopic (exact) mass is 332 g/mol. The van der Waals surface area contributed by atoms with Gasteiger partial charge in [-0.3, -0.25) is 9.69 Å². The lowest BCUT2D eigenvalue weighted by Crippen LogP contribution is -2.45. The molecule has 0 spiro atoms. The number of rotatable bonds is 6. The van der Waals surface area contributed by atoms with E-state index in [9.17, 15) is 4.79 Å². The Labute approximate surface area is 144 Å². The molecule has 1 atom stereocenters. The first-order valence-corrected chi connectivity index (χ1v) is 9.01. The summed E-state index contributed by atoms with van der Waals surface area (Å²) in [6, 6.07) is 7.67. The number of hydrogen-bond acceptors (Lipinski definition) is 4. The summed E-state index contributed by atoms with van der Waals surface area (Å²) in [6.07, 6.45) is 4.66. The van der Waals surface area contributed by atoms with Crippen molar-refractivity contribution in [1.82, 2.24) is 9.80 Å². The van der Waals surface area contributed by atoms with Gasteiger partial charge in [0.25, 0.3) is 0 Å². The zero-order valence-corrected chi connectivity index (χ0v) is 14.6. The van der Waals surface area contributed by atoms with Crippen molar-refractivity contribution in [2.24, 2.45) is 5.92 Å². The number of piperidine rings is 1. The third kappa shape index (κ3) is 4.63. The maximum Gasteiger partial charge on any atom is 0.236 e. The highest BCUT2D eigenvalue weighted by Gasteiger charge is 2.26. The Hall–Kier alpha value is -1.75. The molecule has 0 aromatic heterocycles. The van der Waals surface area contributed by atoms with Crippen molar-refractivity contribution >= 4 is 5.91 Å². The Morgan fingerprint density at radius 1 is 1.08 bits per heavy atom. The zero-order chi connectivity index (χ0) is 16.8. The Balaban J connectivity index is 1.45. The Morgan fingerprint density at radius 3 is 2.50 bits per heavy atom. The van der Waals surface area contributed by atoms with E-state index in [2.05, 4.69) is 4.90 Å². The van der Waals surface area contributed by atoms with E-state index in [4.69, 9.17) is 9.47 Å². The maximum atomic E-state index is 12.5. The lowest BCUT2D eigenvalue weighted by molar-refractivity contribution is -0.134. The minimum absolute atomic E-state index is 0.283. The van der Waals surface area contributed by atoms with Gasteiger partial charge in [-0.1, -0.05) is 0 Å². The third-order valence-electron chi connectivity index (χ3n) is 4.97. The smallest absolute Gasteiger partial charge is 0.236 e. The number of carbonyl (C=O) groups excluding carboxylic acids is 1. The molecule has 2 saturated heterocycles. The van der Waals surface area contributed by atoms with Crippen LogP contribution in [0.2, 0.25) is 0 Å². The molecule has 0 N–H and O–H groups in total. The van der Waals surface area contributed by atoms with Crippen LogP contribution >= 0.6 is 0 Å². The summed E-state index contributed by atoms with van der Waals surface area (Å²) in [4.78, 5) is 16.8. The average molecular weight is 332 g/mol. The van der Waals surface area contributed by atoms with E-state index in [1.165, 1.54) is 12.8 Å². The molecule has 24 heavy (non-hydrogen) atoms. The van der Waals surface area contributed by atoms with Crippen LogP contribution in [0.1, 0.15) is 25.7 Å². The Morgan fingerprint density at radius 2 is 1.79 bits per heavy atom. The second-order valence-electron chi connectivity index (χ2n) is 6.82. The van der Waals surface area contributed by atoms with Gasteiger partial charge in [0.15, 0.2) is 0 Å². The number of nitrogens with zero attached hydrogens (tertiary/aromatic N) is 2. The molecule has 5 nitrogen and oxygen atoms in total. The summed E-state index contributed by atoms with van der Waals surface area (Å²) in [5.41, 5.74) is 0. The second-order valence-corrected chi connectivity index (χ2v) is 6.82. The molecule has 5 heteroatoms. The van der Waals surface area contributed by atoms with Gasteiger partial charge in [0.05, 0.1) is 20.3 Å². The van der Waals surface area contributed by atoms with Crippen molar-refractivity contribution in [2.75, 3.05) is 46.4 Å². The van der Waals surface area contributed by atoms with Gasteiger partial charge < -0.3 is 14.4 Å². The van der Waals surface area contributed by atoms with Gasteiger partial charge in [0.2, 0.25) is 5.91 Å². The fourth-order valence-corrected chi connectivity index (χ4v) is 3.55. The number of carbonyl (C=O) groups is 1. The fraction of sp³-hybridized carbons (Fsp3) is 0.632. The minimum Gasteiger partial charge on any atom is -0.497 e. The van der Waals surface area contributed by atoms with Gasteiger partial charge in [-0.05, 0) is 63.0 Å². The van der Waals surface area contributed by atoms with E-state index in [1.807, 2.05) is 29.2 Å². The molecule has 0 radical (unpaired) electrons. The predicted octanol–water partition coefficient (Wildman–Crippen LogP) is 2.41. The van der Waals surface area contributed by atoms with Crippen molar-refractivity contribution in [1.29, 1.82) is 0 Å². The molecular weight excluding hydrogens is 304 g/mol. The lowest BCUT2D eigenvalue weighted by Gasteiger charge is -2.33. The number of methoxy groups -OCH3 is 1. The van der Waals surface area contributed by atoms with Gasteiger partial charge in [-0.2, -0.15) is 0 Å². The molecule has 132 valence electrons. The second kappa shape index (κ2) is 8.38. The van der Waals surface area contributed by atoms with Crippen molar-refractivity contribution in [3.8, 4) is 11.5 Å². The highest BCUT2D eigenvalue weighted by Crippen LogP contribution is 2.21. The zero-order valence-electron chi connectivity index (χ0n) is 14.6. The van der Waals surface area contributed by atoms with Crippen LogP contribution in [0.15, 0.2) is 24.3 Å². The highest BCUT2D eigenvalue weighted by molar-refractivity contribution is 5.78.